The molecule has 2 rings (SSSR count). The Morgan fingerprint density at radius 1 is 1.04 bits per heavy atom. The molecule has 0 saturated heterocycles. The molecule has 0 aliphatic rings. The van der Waals surface area contributed by atoms with Gasteiger partial charge in [-0.3, -0.25) is 14.8 Å². The fourth-order valence-corrected chi connectivity index (χ4v) is 3.60. The highest BCUT2D eigenvalue weighted by Gasteiger charge is 2.20. The Balaban J connectivity index is 2.51. The third-order valence-corrected chi connectivity index (χ3v) is 5.19. The summed E-state index contributed by atoms with van der Waals surface area (Å²) in [6, 6.07) is 9.39. The van der Waals surface area contributed by atoms with Gasteiger partial charge in [0.05, 0.1) is 15.5 Å². The molecule has 128 valence electrons. The molecule has 2 aromatic carbocycles. The average molecular weight is 348 g/mol. The Morgan fingerprint density at radius 2 is 1.54 bits per heavy atom. The van der Waals surface area contributed by atoms with Crippen molar-refractivity contribution < 1.29 is 13.3 Å². The van der Waals surface area contributed by atoms with E-state index in [-0.39, 0.29) is 10.6 Å². The van der Waals surface area contributed by atoms with Gasteiger partial charge in [-0.2, -0.15) is 0 Å². The second kappa shape index (κ2) is 7.00. The monoisotopic (exact) mass is 348 g/mol. The molecule has 0 aromatic heterocycles. The first kappa shape index (κ1) is 17.9. The molecule has 0 heterocycles. The van der Waals surface area contributed by atoms with Crippen LogP contribution in [0.5, 0.6) is 0 Å². The summed E-state index contributed by atoms with van der Waals surface area (Å²) in [7, 11) is -3.75. The van der Waals surface area contributed by atoms with Gasteiger partial charge in [0.25, 0.3) is 15.7 Å². The molecule has 0 saturated carbocycles. The summed E-state index contributed by atoms with van der Waals surface area (Å²) < 4.78 is 27.9. The summed E-state index contributed by atoms with van der Waals surface area (Å²) in [6.45, 7) is 5.55. The van der Waals surface area contributed by atoms with E-state index in [0.29, 0.717) is 29.7 Å². The molecule has 2 aromatic rings. The van der Waals surface area contributed by atoms with Crippen LogP contribution in [0.3, 0.4) is 0 Å². The van der Waals surface area contributed by atoms with Gasteiger partial charge >= 0.3 is 0 Å². The Kier molecular flexibility index (Phi) is 5.23. The zero-order valence-corrected chi connectivity index (χ0v) is 14.7. The molecule has 0 fully saturated rings. The lowest BCUT2D eigenvalue weighted by molar-refractivity contribution is -0.385. The normalized spacial score (nSPS) is 11.3. The van der Waals surface area contributed by atoms with Gasteiger partial charge < -0.3 is 0 Å². The number of anilines is 1. The minimum Gasteiger partial charge on any atom is -0.279 e. The topological polar surface area (TPSA) is 89.3 Å². The van der Waals surface area contributed by atoms with Crippen molar-refractivity contribution in [1.29, 1.82) is 0 Å². The van der Waals surface area contributed by atoms with Gasteiger partial charge in [0, 0.05) is 12.1 Å². The summed E-state index contributed by atoms with van der Waals surface area (Å²) in [5.41, 5.74) is 2.59. The molecule has 0 spiro atoms. The summed E-state index contributed by atoms with van der Waals surface area (Å²) in [4.78, 5) is 10.8. The van der Waals surface area contributed by atoms with Crippen LogP contribution in [-0.4, -0.2) is 13.3 Å². The molecule has 0 atom stereocenters. The molecule has 0 amide bonds. The molecule has 7 heteroatoms. The van der Waals surface area contributed by atoms with Crippen molar-refractivity contribution >= 4 is 21.4 Å². The van der Waals surface area contributed by atoms with Crippen molar-refractivity contribution in [1.82, 2.24) is 0 Å². The van der Waals surface area contributed by atoms with Crippen LogP contribution in [0.1, 0.15) is 30.5 Å². The molecule has 0 unspecified atom stereocenters. The van der Waals surface area contributed by atoms with Crippen LogP contribution >= 0.6 is 0 Å². The third kappa shape index (κ3) is 3.73. The second-order valence-corrected chi connectivity index (χ2v) is 7.20. The number of hydrogen-bond donors (Lipinski definition) is 1. The highest BCUT2D eigenvalue weighted by molar-refractivity contribution is 7.92. The van der Waals surface area contributed by atoms with Crippen LogP contribution in [0.15, 0.2) is 41.3 Å². The zero-order chi connectivity index (χ0) is 17.9. The van der Waals surface area contributed by atoms with E-state index in [0.717, 1.165) is 5.56 Å². The van der Waals surface area contributed by atoms with Gasteiger partial charge in [-0.1, -0.05) is 31.5 Å². The van der Waals surface area contributed by atoms with E-state index in [2.05, 4.69) is 4.72 Å². The molecule has 24 heavy (non-hydrogen) atoms. The van der Waals surface area contributed by atoms with Gasteiger partial charge in [0.2, 0.25) is 0 Å². The number of nitro groups is 1. The maximum Gasteiger partial charge on any atom is 0.270 e. The molecule has 0 radical (unpaired) electrons. The maximum absolute atomic E-state index is 12.6. The lowest BCUT2D eigenvalue weighted by Crippen LogP contribution is -2.16. The van der Waals surface area contributed by atoms with Crippen LogP contribution in [0.4, 0.5) is 11.4 Å². The van der Waals surface area contributed by atoms with E-state index >= 15 is 0 Å². The lowest BCUT2D eigenvalue weighted by Gasteiger charge is -2.16. The van der Waals surface area contributed by atoms with Crippen molar-refractivity contribution in [3.63, 3.8) is 0 Å². The van der Waals surface area contributed by atoms with E-state index in [4.69, 9.17) is 0 Å². The van der Waals surface area contributed by atoms with Gasteiger partial charge in [0.1, 0.15) is 0 Å². The summed E-state index contributed by atoms with van der Waals surface area (Å²) in [6.07, 6.45) is 0.973. The summed E-state index contributed by atoms with van der Waals surface area (Å²) in [5.74, 6) is 0. The molecular formula is C17H20N2O4S. The first-order valence-corrected chi connectivity index (χ1v) is 9.16. The quantitative estimate of drug-likeness (QED) is 0.634. The van der Waals surface area contributed by atoms with E-state index in [9.17, 15) is 18.5 Å². The number of non-ortho nitro benzene ring substituents is 1. The maximum atomic E-state index is 12.6. The third-order valence-electron chi connectivity index (χ3n) is 3.83. The van der Waals surface area contributed by atoms with Crippen LogP contribution in [-0.2, 0) is 22.9 Å². The first-order valence-electron chi connectivity index (χ1n) is 7.68. The van der Waals surface area contributed by atoms with E-state index < -0.39 is 14.9 Å². The molecule has 0 bridgehead atoms. The SMILES string of the molecule is CCc1cc([N+](=O)[O-])cc(CC)c1NS(=O)(=O)c1ccc(C)cc1. The Labute approximate surface area is 141 Å². The molecule has 6 nitrogen and oxygen atoms in total. The fourth-order valence-electron chi connectivity index (χ4n) is 2.45. The smallest absolute Gasteiger partial charge is 0.270 e. The van der Waals surface area contributed by atoms with Crippen LogP contribution in [0.25, 0.3) is 0 Å². The summed E-state index contributed by atoms with van der Waals surface area (Å²) in [5, 5.41) is 11.1. The predicted molar refractivity (Wildman–Crippen MR) is 93.8 cm³/mol. The van der Waals surface area contributed by atoms with Gasteiger partial charge in [-0.25, -0.2) is 8.42 Å². The van der Waals surface area contributed by atoms with Crippen LogP contribution < -0.4 is 4.72 Å². The van der Waals surface area contributed by atoms with Crippen LogP contribution in [0.2, 0.25) is 0 Å². The summed E-state index contributed by atoms with van der Waals surface area (Å²) >= 11 is 0. The van der Waals surface area contributed by atoms with E-state index in [1.165, 1.54) is 12.1 Å². The van der Waals surface area contributed by atoms with Crippen molar-refractivity contribution in [2.75, 3.05) is 4.72 Å². The number of nitrogens with one attached hydrogen (secondary N) is 1. The molecule has 1 N–H and O–H groups in total. The number of benzene rings is 2. The van der Waals surface area contributed by atoms with Crippen molar-refractivity contribution in [3.8, 4) is 0 Å². The van der Waals surface area contributed by atoms with E-state index in [1.54, 1.807) is 24.3 Å². The van der Waals surface area contributed by atoms with Crippen molar-refractivity contribution in [2.45, 2.75) is 38.5 Å². The highest BCUT2D eigenvalue weighted by atomic mass is 32.2. The standard InChI is InChI=1S/C17H20N2O4S/c1-4-13-10-15(19(20)21)11-14(5-2)17(13)18-24(22,23)16-8-6-12(3)7-9-16/h6-11,18H,4-5H2,1-3H3. The van der Waals surface area contributed by atoms with Gasteiger partial charge in [-0.05, 0) is 43.0 Å². The molecule has 0 aliphatic carbocycles. The molecular weight excluding hydrogens is 328 g/mol. The predicted octanol–water partition coefficient (Wildman–Crippen LogP) is 3.83. The highest BCUT2D eigenvalue weighted by Crippen LogP contribution is 2.30. The minimum atomic E-state index is -3.75. The Hall–Kier alpha value is -2.41. The van der Waals surface area contributed by atoms with Crippen LogP contribution in [0, 0.1) is 17.0 Å². The van der Waals surface area contributed by atoms with Gasteiger partial charge in [-0.15, -0.1) is 0 Å². The lowest BCUT2D eigenvalue weighted by atomic mass is 10.0. The number of hydrogen-bond acceptors (Lipinski definition) is 4. The second-order valence-electron chi connectivity index (χ2n) is 5.52. The number of rotatable bonds is 6. The number of nitro benzene ring substituents is 1. The average Bonchev–Trinajstić information content (AvgIpc) is 2.54. The number of nitrogens with zero attached hydrogens (tertiary/aromatic N) is 1. The van der Waals surface area contributed by atoms with E-state index in [1.807, 2.05) is 20.8 Å². The zero-order valence-electron chi connectivity index (χ0n) is 13.9. The Morgan fingerprint density at radius 3 is 1.96 bits per heavy atom. The largest absolute Gasteiger partial charge is 0.279 e. The number of aryl methyl sites for hydroxylation is 3. The molecule has 0 aliphatic heterocycles. The Bertz CT molecular complexity index is 834. The minimum absolute atomic E-state index is 0.0259. The fraction of sp³-hybridized carbons (Fsp3) is 0.294. The first-order chi connectivity index (χ1) is 11.3. The van der Waals surface area contributed by atoms with Crippen molar-refractivity contribution in [2.24, 2.45) is 0 Å². The number of sulfonamides is 1. The van der Waals surface area contributed by atoms with Crippen molar-refractivity contribution in [3.05, 3.63) is 63.2 Å². The van der Waals surface area contributed by atoms with Gasteiger partial charge in [0.15, 0.2) is 0 Å².